The van der Waals surface area contributed by atoms with Crippen LogP contribution in [-0.4, -0.2) is 10.5 Å². The number of hydrogen-bond donors (Lipinski definition) is 2. The van der Waals surface area contributed by atoms with Gasteiger partial charge in [-0.15, -0.1) is 0 Å². The zero-order valence-corrected chi connectivity index (χ0v) is 8.19. The lowest BCUT2D eigenvalue weighted by Crippen LogP contribution is -2.09. The average Bonchev–Trinajstić information content (AvgIpc) is 2.06. The van der Waals surface area contributed by atoms with Crippen molar-refractivity contribution >= 4 is 15.6 Å². The maximum atomic E-state index is 13.1. The van der Waals surface area contributed by atoms with Crippen LogP contribution in [0.5, 0.6) is 0 Å². The van der Waals surface area contributed by atoms with Gasteiger partial charge in [-0.05, 0) is 18.2 Å². The third-order valence-electron chi connectivity index (χ3n) is 1.40. The molecule has 0 aromatic heterocycles. The van der Waals surface area contributed by atoms with Crippen molar-refractivity contribution in [2.45, 2.75) is 0 Å². The van der Waals surface area contributed by atoms with Gasteiger partial charge in [0.05, 0.1) is 17.3 Å². The summed E-state index contributed by atoms with van der Waals surface area (Å²) in [6.45, 7) is 0. The number of anilines is 1. The van der Waals surface area contributed by atoms with Crippen molar-refractivity contribution in [2.75, 3.05) is 11.0 Å². The van der Waals surface area contributed by atoms with Gasteiger partial charge < -0.3 is 0 Å². The summed E-state index contributed by atoms with van der Waals surface area (Å²) in [7, 11) is -2.99. The molecule has 1 aromatic rings. The Morgan fingerprint density at radius 1 is 1.64 bits per heavy atom. The minimum atomic E-state index is -2.99. The second kappa shape index (κ2) is 3.64. The van der Waals surface area contributed by atoms with Crippen molar-refractivity contribution in [1.82, 2.24) is 0 Å². The van der Waals surface area contributed by atoms with E-state index in [1.807, 2.05) is 0 Å². The molecule has 14 heavy (non-hydrogen) atoms. The second-order valence-corrected chi connectivity index (χ2v) is 4.64. The number of halogens is 1. The molecule has 0 saturated carbocycles. The van der Waals surface area contributed by atoms with Crippen LogP contribution in [0.25, 0.3) is 0 Å². The Bertz CT molecular complexity index is 490. The highest BCUT2D eigenvalue weighted by molar-refractivity contribution is 7.93. The SMILES string of the molecule is CS(=N)(=O)Nc1ccc(C#N)cc1F. The van der Waals surface area contributed by atoms with Crippen LogP contribution in [-0.2, 0) is 9.92 Å². The third-order valence-corrected chi connectivity index (χ3v) is 2.01. The summed E-state index contributed by atoms with van der Waals surface area (Å²) in [6.07, 6.45) is 1.14. The number of nitriles is 1. The van der Waals surface area contributed by atoms with Crippen LogP contribution in [0, 0.1) is 21.9 Å². The molecule has 0 heterocycles. The van der Waals surface area contributed by atoms with Gasteiger partial charge in [0.2, 0.25) is 0 Å². The van der Waals surface area contributed by atoms with E-state index in [0.29, 0.717) is 0 Å². The van der Waals surface area contributed by atoms with Gasteiger partial charge in [-0.2, -0.15) is 5.26 Å². The van der Waals surface area contributed by atoms with Crippen LogP contribution in [0.1, 0.15) is 5.56 Å². The molecule has 1 aromatic carbocycles. The van der Waals surface area contributed by atoms with Crippen molar-refractivity contribution in [1.29, 1.82) is 10.0 Å². The van der Waals surface area contributed by atoms with Crippen molar-refractivity contribution in [3.8, 4) is 6.07 Å². The van der Waals surface area contributed by atoms with E-state index in [-0.39, 0.29) is 11.3 Å². The lowest BCUT2D eigenvalue weighted by molar-refractivity contribution is 0.631. The predicted octanol–water partition coefficient (Wildman–Crippen LogP) is 1.70. The largest absolute Gasteiger partial charge is 0.296 e. The molecule has 0 aliphatic rings. The van der Waals surface area contributed by atoms with Crippen LogP contribution < -0.4 is 4.72 Å². The number of rotatable bonds is 2. The van der Waals surface area contributed by atoms with Gasteiger partial charge in [0.1, 0.15) is 15.7 Å². The molecular formula is C8H8FN3OS. The fourth-order valence-corrected chi connectivity index (χ4v) is 1.46. The van der Waals surface area contributed by atoms with E-state index in [0.717, 1.165) is 12.3 Å². The highest BCUT2D eigenvalue weighted by atomic mass is 32.2. The first-order valence-electron chi connectivity index (χ1n) is 3.63. The Hall–Kier alpha value is -1.61. The minimum absolute atomic E-state index is 0.0356. The van der Waals surface area contributed by atoms with E-state index in [2.05, 4.69) is 4.72 Å². The van der Waals surface area contributed by atoms with Crippen LogP contribution >= 0.6 is 0 Å². The van der Waals surface area contributed by atoms with E-state index in [9.17, 15) is 8.60 Å². The molecule has 1 rings (SSSR count). The van der Waals surface area contributed by atoms with Gasteiger partial charge in [0.15, 0.2) is 0 Å². The zero-order valence-electron chi connectivity index (χ0n) is 7.37. The molecule has 0 amide bonds. The van der Waals surface area contributed by atoms with Crippen LogP contribution in [0.4, 0.5) is 10.1 Å². The molecule has 0 aliphatic carbocycles. The Kier molecular flexibility index (Phi) is 2.72. The summed E-state index contributed by atoms with van der Waals surface area (Å²) in [5, 5.41) is 8.45. The van der Waals surface area contributed by atoms with Gasteiger partial charge >= 0.3 is 0 Å². The van der Waals surface area contributed by atoms with E-state index < -0.39 is 15.7 Å². The first kappa shape index (κ1) is 10.5. The number of nitrogens with one attached hydrogen (secondary N) is 2. The van der Waals surface area contributed by atoms with Gasteiger partial charge in [0, 0.05) is 6.26 Å². The Morgan fingerprint density at radius 2 is 2.29 bits per heavy atom. The molecule has 0 spiro atoms. The van der Waals surface area contributed by atoms with Crippen molar-refractivity contribution in [3.05, 3.63) is 29.6 Å². The van der Waals surface area contributed by atoms with Crippen molar-refractivity contribution in [3.63, 3.8) is 0 Å². The Labute approximate surface area is 81.5 Å². The molecule has 0 fully saturated rings. The third kappa shape index (κ3) is 2.71. The summed E-state index contributed by atoms with van der Waals surface area (Å²) in [5.41, 5.74) is 0.145. The van der Waals surface area contributed by atoms with E-state index >= 15 is 0 Å². The summed E-state index contributed by atoms with van der Waals surface area (Å²) in [6, 6.07) is 5.46. The average molecular weight is 213 g/mol. The summed E-state index contributed by atoms with van der Waals surface area (Å²) in [4.78, 5) is 0. The number of nitrogens with zero attached hydrogens (tertiary/aromatic N) is 1. The molecule has 0 saturated heterocycles. The van der Waals surface area contributed by atoms with Gasteiger partial charge in [-0.3, -0.25) is 4.72 Å². The normalized spacial score (nSPS) is 14.1. The highest BCUT2D eigenvalue weighted by Crippen LogP contribution is 2.16. The van der Waals surface area contributed by atoms with Crippen molar-refractivity contribution < 1.29 is 8.60 Å². The predicted molar refractivity (Wildman–Crippen MR) is 51.5 cm³/mol. The smallest absolute Gasteiger partial charge is 0.148 e. The molecule has 2 N–H and O–H groups in total. The van der Waals surface area contributed by atoms with Crippen molar-refractivity contribution in [2.24, 2.45) is 0 Å². The van der Waals surface area contributed by atoms with Gasteiger partial charge in [-0.25, -0.2) is 13.4 Å². The molecule has 0 radical (unpaired) electrons. The molecule has 74 valence electrons. The standard InChI is InChI=1S/C8H8FN3OS/c1-14(11,13)12-8-3-2-6(5-10)4-7(8)9/h2-4H,1H3,(H2,11,12,13). The molecule has 1 atom stereocenters. The summed E-state index contributed by atoms with van der Waals surface area (Å²) < 4.78 is 33.4. The van der Waals surface area contributed by atoms with Crippen LogP contribution in [0.2, 0.25) is 0 Å². The van der Waals surface area contributed by atoms with Crippen LogP contribution in [0.3, 0.4) is 0 Å². The van der Waals surface area contributed by atoms with Gasteiger partial charge in [0.25, 0.3) is 0 Å². The molecule has 0 bridgehead atoms. The molecule has 0 aliphatic heterocycles. The summed E-state index contributed by atoms with van der Waals surface area (Å²) in [5.74, 6) is -0.689. The second-order valence-electron chi connectivity index (χ2n) is 2.75. The maximum absolute atomic E-state index is 13.1. The van der Waals surface area contributed by atoms with E-state index in [1.165, 1.54) is 12.1 Å². The maximum Gasteiger partial charge on any atom is 0.148 e. The van der Waals surface area contributed by atoms with E-state index in [1.54, 1.807) is 6.07 Å². The highest BCUT2D eigenvalue weighted by Gasteiger charge is 2.05. The topological polar surface area (TPSA) is 76.7 Å². The zero-order chi connectivity index (χ0) is 10.8. The minimum Gasteiger partial charge on any atom is -0.296 e. The Balaban J connectivity index is 3.09. The summed E-state index contributed by atoms with van der Waals surface area (Å²) >= 11 is 0. The quantitative estimate of drug-likeness (QED) is 0.784. The fourth-order valence-electron chi connectivity index (χ4n) is 0.877. The van der Waals surface area contributed by atoms with Crippen LogP contribution in [0.15, 0.2) is 18.2 Å². The first-order chi connectivity index (χ1) is 6.42. The lowest BCUT2D eigenvalue weighted by Gasteiger charge is -2.06. The Morgan fingerprint density at radius 3 is 2.71 bits per heavy atom. The van der Waals surface area contributed by atoms with Gasteiger partial charge in [-0.1, -0.05) is 0 Å². The number of hydrogen-bond acceptors (Lipinski definition) is 3. The first-order valence-corrected chi connectivity index (χ1v) is 5.60. The molecule has 6 heteroatoms. The fraction of sp³-hybridized carbons (Fsp3) is 0.125. The van der Waals surface area contributed by atoms with E-state index in [4.69, 9.17) is 10.0 Å². The lowest BCUT2D eigenvalue weighted by atomic mass is 10.2. The number of benzene rings is 1. The molecular weight excluding hydrogens is 205 g/mol. The molecule has 1 unspecified atom stereocenters. The molecule has 4 nitrogen and oxygen atoms in total. The monoisotopic (exact) mass is 213 g/mol.